The Labute approximate surface area is 109 Å². The van der Waals surface area contributed by atoms with Crippen LogP contribution in [0.25, 0.3) is 0 Å². The Hall–Kier alpha value is -1.26. The number of rotatable bonds is 5. The lowest BCUT2D eigenvalue weighted by molar-refractivity contribution is 0.546. The van der Waals surface area contributed by atoms with Crippen LogP contribution in [0.1, 0.15) is 16.0 Å². The van der Waals surface area contributed by atoms with E-state index in [1.165, 1.54) is 28.6 Å². The normalized spacial score (nSPS) is 10.8. The van der Waals surface area contributed by atoms with Crippen molar-refractivity contribution in [2.75, 3.05) is 6.54 Å². The van der Waals surface area contributed by atoms with Gasteiger partial charge in [-0.25, -0.2) is 8.78 Å². The van der Waals surface area contributed by atoms with Crippen molar-refractivity contribution in [2.24, 2.45) is 0 Å². The molecule has 0 amide bonds. The van der Waals surface area contributed by atoms with Gasteiger partial charge in [0.2, 0.25) is 0 Å². The second-order valence-electron chi connectivity index (χ2n) is 4.15. The molecule has 1 nitrogen and oxygen atoms in total. The van der Waals surface area contributed by atoms with Gasteiger partial charge in [-0.05, 0) is 49.0 Å². The van der Waals surface area contributed by atoms with Crippen LogP contribution in [0.5, 0.6) is 0 Å². The second kappa shape index (κ2) is 6.07. The van der Waals surface area contributed by atoms with Crippen LogP contribution in [0.15, 0.2) is 29.6 Å². The number of nitrogens with one attached hydrogen (secondary N) is 1. The number of hydrogen-bond donors (Lipinski definition) is 1. The zero-order chi connectivity index (χ0) is 13.0. The molecule has 0 atom stereocenters. The summed E-state index contributed by atoms with van der Waals surface area (Å²) in [6.45, 7) is 3.37. The summed E-state index contributed by atoms with van der Waals surface area (Å²) in [7, 11) is 0. The Bertz CT molecular complexity index is 502. The molecule has 4 heteroatoms. The minimum absolute atomic E-state index is 0.160. The minimum Gasteiger partial charge on any atom is -0.312 e. The lowest BCUT2D eigenvalue weighted by atomic mass is 10.1. The molecule has 0 aliphatic rings. The highest BCUT2D eigenvalue weighted by molar-refractivity contribution is 7.10. The summed E-state index contributed by atoms with van der Waals surface area (Å²) in [5.41, 5.74) is 1.41. The third-order valence-corrected chi connectivity index (χ3v) is 3.89. The molecule has 0 aliphatic carbocycles. The summed E-state index contributed by atoms with van der Waals surface area (Å²) in [6, 6.07) is 6.04. The van der Waals surface area contributed by atoms with Crippen LogP contribution in [0, 0.1) is 18.6 Å². The van der Waals surface area contributed by atoms with E-state index in [1.807, 2.05) is 5.38 Å². The third kappa shape index (κ3) is 3.15. The Kier molecular flexibility index (Phi) is 4.44. The van der Waals surface area contributed by atoms with Crippen molar-refractivity contribution in [3.05, 3.63) is 57.3 Å². The monoisotopic (exact) mass is 267 g/mol. The molecule has 0 spiro atoms. The maximum absolute atomic E-state index is 13.3. The van der Waals surface area contributed by atoms with E-state index in [-0.39, 0.29) is 5.56 Å². The zero-order valence-electron chi connectivity index (χ0n) is 10.2. The Morgan fingerprint density at radius 3 is 2.50 bits per heavy atom. The van der Waals surface area contributed by atoms with E-state index in [1.54, 1.807) is 11.3 Å². The minimum atomic E-state index is -0.468. The van der Waals surface area contributed by atoms with Crippen molar-refractivity contribution in [2.45, 2.75) is 19.9 Å². The van der Waals surface area contributed by atoms with Gasteiger partial charge >= 0.3 is 0 Å². The molecule has 1 aromatic carbocycles. The lowest BCUT2D eigenvalue weighted by Gasteiger charge is -2.06. The van der Waals surface area contributed by atoms with Gasteiger partial charge in [-0.1, -0.05) is 6.07 Å². The first-order valence-electron chi connectivity index (χ1n) is 5.85. The molecule has 96 valence electrons. The fraction of sp³-hybridized carbons (Fsp3) is 0.286. The maximum Gasteiger partial charge on any atom is 0.129 e. The predicted octanol–water partition coefficient (Wildman–Crippen LogP) is 3.67. The van der Waals surface area contributed by atoms with E-state index >= 15 is 0 Å². The molecule has 2 rings (SSSR count). The lowest BCUT2D eigenvalue weighted by Crippen LogP contribution is -2.17. The SMILES string of the molecule is Cc1ccsc1CNCCc1c(F)cccc1F. The predicted molar refractivity (Wildman–Crippen MR) is 70.8 cm³/mol. The van der Waals surface area contributed by atoms with E-state index in [9.17, 15) is 8.78 Å². The third-order valence-electron chi connectivity index (χ3n) is 2.87. The molecule has 0 bridgehead atoms. The number of aryl methyl sites for hydroxylation is 1. The van der Waals surface area contributed by atoms with Gasteiger partial charge in [-0.15, -0.1) is 11.3 Å². The van der Waals surface area contributed by atoms with E-state index < -0.39 is 11.6 Å². The highest BCUT2D eigenvalue weighted by atomic mass is 32.1. The van der Waals surface area contributed by atoms with Gasteiger partial charge in [0, 0.05) is 17.0 Å². The van der Waals surface area contributed by atoms with E-state index in [0.717, 1.165) is 6.54 Å². The van der Waals surface area contributed by atoms with Crippen LogP contribution in [0.3, 0.4) is 0 Å². The highest BCUT2D eigenvalue weighted by Gasteiger charge is 2.07. The Balaban J connectivity index is 1.84. The molecule has 1 N–H and O–H groups in total. The summed E-state index contributed by atoms with van der Waals surface area (Å²) in [5.74, 6) is -0.937. The number of hydrogen-bond acceptors (Lipinski definition) is 2. The Morgan fingerprint density at radius 2 is 1.89 bits per heavy atom. The highest BCUT2D eigenvalue weighted by Crippen LogP contribution is 2.15. The molecule has 1 aromatic heterocycles. The van der Waals surface area contributed by atoms with Gasteiger partial charge in [0.15, 0.2) is 0 Å². The van der Waals surface area contributed by atoms with Gasteiger partial charge < -0.3 is 5.32 Å². The van der Waals surface area contributed by atoms with Crippen LogP contribution in [-0.4, -0.2) is 6.54 Å². The summed E-state index contributed by atoms with van der Waals surface area (Å²) in [5, 5.41) is 5.25. The number of halogens is 2. The van der Waals surface area contributed by atoms with Crippen molar-refractivity contribution in [1.82, 2.24) is 5.32 Å². The largest absolute Gasteiger partial charge is 0.312 e. The topological polar surface area (TPSA) is 12.0 Å². The molecule has 0 saturated carbocycles. The van der Waals surface area contributed by atoms with E-state index in [0.29, 0.717) is 13.0 Å². The fourth-order valence-electron chi connectivity index (χ4n) is 1.77. The molecule has 0 radical (unpaired) electrons. The average Bonchev–Trinajstić information content (AvgIpc) is 2.73. The van der Waals surface area contributed by atoms with Crippen molar-refractivity contribution in [1.29, 1.82) is 0 Å². The molecule has 0 fully saturated rings. The van der Waals surface area contributed by atoms with Crippen LogP contribution in [-0.2, 0) is 13.0 Å². The molecule has 18 heavy (non-hydrogen) atoms. The van der Waals surface area contributed by atoms with Crippen LogP contribution < -0.4 is 5.32 Å². The quantitative estimate of drug-likeness (QED) is 0.815. The summed E-state index contributed by atoms with van der Waals surface area (Å²) >= 11 is 1.69. The number of thiophene rings is 1. The first-order valence-corrected chi connectivity index (χ1v) is 6.73. The molecule has 2 aromatic rings. The summed E-state index contributed by atoms with van der Waals surface area (Å²) in [4.78, 5) is 1.27. The molecule has 0 unspecified atom stereocenters. The van der Waals surface area contributed by atoms with E-state index in [4.69, 9.17) is 0 Å². The smallest absolute Gasteiger partial charge is 0.129 e. The van der Waals surface area contributed by atoms with Crippen molar-refractivity contribution in [3.63, 3.8) is 0 Å². The number of benzene rings is 1. The average molecular weight is 267 g/mol. The molecular weight excluding hydrogens is 252 g/mol. The van der Waals surface area contributed by atoms with Crippen molar-refractivity contribution < 1.29 is 8.78 Å². The second-order valence-corrected chi connectivity index (χ2v) is 5.15. The van der Waals surface area contributed by atoms with Crippen LogP contribution in [0.2, 0.25) is 0 Å². The molecular formula is C14H15F2NS. The Morgan fingerprint density at radius 1 is 1.17 bits per heavy atom. The standard InChI is InChI=1S/C14H15F2NS/c1-10-6-8-18-14(10)9-17-7-5-11-12(15)3-2-4-13(11)16/h2-4,6,8,17H,5,7,9H2,1H3. The molecule has 1 heterocycles. The van der Waals surface area contributed by atoms with Gasteiger partial charge in [-0.2, -0.15) is 0 Å². The van der Waals surface area contributed by atoms with Crippen LogP contribution in [0.4, 0.5) is 8.78 Å². The maximum atomic E-state index is 13.3. The molecule has 0 saturated heterocycles. The first-order chi connectivity index (χ1) is 8.68. The van der Waals surface area contributed by atoms with Gasteiger partial charge in [0.1, 0.15) is 11.6 Å². The van der Waals surface area contributed by atoms with Gasteiger partial charge in [-0.3, -0.25) is 0 Å². The first kappa shape index (κ1) is 13.2. The summed E-state index contributed by atoms with van der Waals surface area (Å²) in [6.07, 6.45) is 0.364. The zero-order valence-corrected chi connectivity index (χ0v) is 11.0. The van der Waals surface area contributed by atoms with Crippen molar-refractivity contribution in [3.8, 4) is 0 Å². The molecule has 0 aliphatic heterocycles. The fourth-order valence-corrected chi connectivity index (χ4v) is 2.65. The van der Waals surface area contributed by atoms with Crippen LogP contribution >= 0.6 is 11.3 Å². The summed E-state index contributed by atoms with van der Waals surface area (Å²) < 4.78 is 26.7. The van der Waals surface area contributed by atoms with Gasteiger partial charge in [0.25, 0.3) is 0 Å². The van der Waals surface area contributed by atoms with Crippen molar-refractivity contribution >= 4 is 11.3 Å². The van der Waals surface area contributed by atoms with E-state index in [2.05, 4.69) is 18.3 Å². The van der Waals surface area contributed by atoms with Gasteiger partial charge in [0.05, 0.1) is 0 Å².